The van der Waals surface area contributed by atoms with E-state index < -0.39 is 0 Å². The molecule has 2 N–H and O–H groups in total. The summed E-state index contributed by atoms with van der Waals surface area (Å²) in [5, 5.41) is 14.8. The largest absolute Gasteiger partial charge is 0.326 e. The molecule has 2 atom stereocenters. The van der Waals surface area contributed by atoms with Crippen LogP contribution in [0, 0.1) is 24.2 Å². The van der Waals surface area contributed by atoms with Crippen LogP contribution in [0.4, 0.5) is 5.69 Å². The fraction of sp³-hybridized carbons (Fsp3) is 0.429. The van der Waals surface area contributed by atoms with Crippen molar-refractivity contribution in [2.75, 3.05) is 12.4 Å². The molecule has 18 heavy (non-hydrogen) atoms. The maximum absolute atomic E-state index is 12.0. The molecular weight excluding hydrogens is 226 g/mol. The molecule has 4 heteroatoms. The first kappa shape index (κ1) is 12.6. The second-order valence-corrected chi connectivity index (χ2v) is 4.76. The summed E-state index contributed by atoms with van der Waals surface area (Å²) in [7, 11) is 1.74. The number of carbonyl (C=O) groups is 1. The molecule has 1 aliphatic heterocycles. The molecule has 2 rings (SSSR count). The number of fused-ring (bicyclic) bond motifs is 1. The standard InChI is InChI=1S/C14H17N3O/c1-9-3-4-13-10(5-9)6-11(14(18)17-13)7-12(8-15)16-2/h3-5,11-12,16H,6-7H2,1-2H3,(H,17,18)/t11-,12-/m0/s1. The van der Waals surface area contributed by atoms with Gasteiger partial charge in [-0.2, -0.15) is 5.26 Å². The van der Waals surface area contributed by atoms with Gasteiger partial charge in [-0.05, 0) is 38.4 Å². The van der Waals surface area contributed by atoms with Crippen LogP contribution < -0.4 is 10.6 Å². The van der Waals surface area contributed by atoms with Gasteiger partial charge in [-0.1, -0.05) is 17.7 Å². The third-order valence-electron chi connectivity index (χ3n) is 3.38. The van der Waals surface area contributed by atoms with E-state index in [2.05, 4.69) is 22.8 Å². The first-order valence-electron chi connectivity index (χ1n) is 6.11. The van der Waals surface area contributed by atoms with Crippen molar-refractivity contribution in [1.29, 1.82) is 5.26 Å². The molecule has 0 fully saturated rings. The molecule has 94 valence electrons. The summed E-state index contributed by atoms with van der Waals surface area (Å²) in [6.07, 6.45) is 1.26. The summed E-state index contributed by atoms with van der Waals surface area (Å²) in [6, 6.07) is 7.93. The van der Waals surface area contributed by atoms with Gasteiger partial charge in [0.05, 0.1) is 12.1 Å². The normalized spacial score (nSPS) is 19.6. The molecule has 0 aliphatic carbocycles. The molecule has 4 nitrogen and oxygen atoms in total. The van der Waals surface area contributed by atoms with Gasteiger partial charge in [0.2, 0.25) is 5.91 Å². The number of aryl methyl sites for hydroxylation is 1. The molecule has 1 aromatic carbocycles. The van der Waals surface area contributed by atoms with E-state index >= 15 is 0 Å². The first-order valence-corrected chi connectivity index (χ1v) is 6.11. The summed E-state index contributed by atoms with van der Waals surface area (Å²) in [4.78, 5) is 12.0. The summed E-state index contributed by atoms with van der Waals surface area (Å²) in [5.74, 6) is -0.113. The lowest BCUT2D eigenvalue weighted by Gasteiger charge is -2.26. The average molecular weight is 243 g/mol. The second-order valence-electron chi connectivity index (χ2n) is 4.76. The summed E-state index contributed by atoms with van der Waals surface area (Å²) >= 11 is 0. The third kappa shape index (κ3) is 2.52. The summed E-state index contributed by atoms with van der Waals surface area (Å²) in [5.41, 5.74) is 3.25. The number of hydrogen-bond donors (Lipinski definition) is 2. The zero-order valence-corrected chi connectivity index (χ0v) is 10.7. The predicted molar refractivity (Wildman–Crippen MR) is 70.1 cm³/mol. The van der Waals surface area contributed by atoms with Crippen molar-refractivity contribution in [2.45, 2.75) is 25.8 Å². The molecule has 0 radical (unpaired) electrons. The summed E-state index contributed by atoms with van der Waals surface area (Å²) in [6.45, 7) is 2.04. The van der Waals surface area contributed by atoms with Crippen molar-refractivity contribution in [1.82, 2.24) is 5.32 Å². The Morgan fingerprint density at radius 3 is 3.06 bits per heavy atom. The molecule has 0 spiro atoms. The lowest BCUT2D eigenvalue weighted by atomic mass is 9.88. The molecule has 0 unspecified atom stereocenters. The van der Waals surface area contributed by atoms with Crippen molar-refractivity contribution >= 4 is 11.6 Å². The second kappa shape index (κ2) is 5.19. The fourth-order valence-corrected chi connectivity index (χ4v) is 2.32. The first-order chi connectivity index (χ1) is 8.63. The topological polar surface area (TPSA) is 64.9 Å². The SMILES string of the molecule is CN[C@H](C#N)C[C@@H]1Cc2cc(C)ccc2NC1=O. The number of benzene rings is 1. The van der Waals surface area contributed by atoms with E-state index in [0.29, 0.717) is 12.8 Å². The highest BCUT2D eigenvalue weighted by atomic mass is 16.1. The van der Waals surface area contributed by atoms with Gasteiger partial charge in [0, 0.05) is 11.6 Å². The van der Waals surface area contributed by atoms with Crippen molar-refractivity contribution in [3.8, 4) is 6.07 Å². The predicted octanol–water partition coefficient (Wildman–Crippen LogP) is 1.61. The van der Waals surface area contributed by atoms with E-state index in [1.165, 1.54) is 5.56 Å². The number of rotatable bonds is 3. The Labute approximate surface area is 107 Å². The molecule has 1 aromatic rings. The van der Waals surface area contributed by atoms with Gasteiger partial charge < -0.3 is 10.6 Å². The average Bonchev–Trinajstić information content (AvgIpc) is 2.36. The zero-order chi connectivity index (χ0) is 13.1. The number of amides is 1. The van der Waals surface area contributed by atoms with Crippen LogP contribution in [0.2, 0.25) is 0 Å². The Morgan fingerprint density at radius 1 is 1.61 bits per heavy atom. The molecule has 0 saturated heterocycles. The van der Waals surface area contributed by atoms with Crippen molar-refractivity contribution in [3.63, 3.8) is 0 Å². The van der Waals surface area contributed by atoms with E-state index in [1.807, 2.05) is 19.1 Å². The van der Waals surface area contributed by atoms with E-state index in [0.717, 1.165) is 11.3 Å². The van der Waals surface area contributed by atoms with Gasteiger partial charge >= 0.3 is 0 Å². The number of hydrogen-bond acceptors (Lipinski definition) is 3. The Kier molecular flexibility index (Phi) is 3.63. The minimum Gasteiger partial charge on any atom is -0.326 e. The van der Waals surface area contributed by atoms with E-state index in [4.69, 9.17) is 5.26 Å². The minimum atomic E-state index is -0.271. The maximum Gasteiger partial charge on any atom is 0.227 e. The van der Waals surface area contributed by atoms with Gasteiger partial charge in [0.15, 0.2) is 0 Å². The van der Waals surface area contributed by atoms with Crippen molar-refractivity contribution in [2.24, 2.45) is 5.92 Å². The highest BCUT2D eigenvalue weighted by Gasteiger charge is 2.28. The lowest BCUT2D eigenvalue weighted by Crippen LogP contribution is -2.35. The van der Waals surface area contributed by atoms with Crippen LogP contribution >= 0.6 is 0 Å². The van der Waals surface area contributed by atoms with Gasteiger partial charge in [-0.15, -0.1) is 0 Å². The number of carbonyl (C=O) groups excluding carboxylic acids is 1. The number of nitrogens with zero attached hydrogens (tertiary/aromatic N) is 1. The highest BCUT2D eigenvalue weighted by molar-refractivity contribution is 5.95. The monoisotopic (exact) mass is 243 g/mol. The number of nitriles is 1. The number of nitrogens with one attached hydrogen (secondary N) is 2. The maximum atomic E-state index is 12.0. The van der Waals surface area contributed by atoms with Crippen molar-refractivity contribution in [3.05, 3.63) is 29.3 Å². The minimum absolute atomic E-state index is 0.0156. The van der Waals surface area contributed by atoms with Crippen LogP contribution in [0.1, 0.15) is 17.5 Å². The molecule has 1 heterocycles. The molecule has 0 bridgehead atoms. The van der Waals surface area contributed by atoms with Crippen LogP contribution in [0.15, 0.2) is 18.2 Å². The van der Waals surface area contributed by atoms with E-state index in [9.17, 15) is 4.79 Å². The van der Waals surface area contributed by atoms with Crippen LogP contribution in [0.5, 0.6) is 0 Å². The summed E-state index contributed by atoms with van der Waals surface area (Å²) < 4.78 is 0. The van der Waals surface area contributed by atoms with Gasteiger partial charge in [-0.25, -0.2) is 0 Å². The van der Waals surface area contributed by atoms with E-state index in [-0.39, 0.29) is 17.9 Å². The van der Waals surface area contributed by atoms with Crippen LogP contribution in [-0.4, -0.2) is 19.0 Å². The Hall–Kier alpha value is -1.86. The fourth-order valence-electron chi connectivity index (χ4n) is 2.32. The molecule has 0 aromatic heterocycles. The zero-order valence-electron chi connectivity index (χ0n) is 10.7. The Bertz CT molecular complexity index is 504. The smallest absolute Gasteiger partial charge is 0.227 e. The number of anilines is 1. The molecular formula is C14H17N3O. The Morgan fingerprint density at radius 2 is 2.39 bits per heavy atom. The van der Waals surface area contributed by atoms with E-state index in [1.54, 1.807) is 7.05 Å². The van der Waals surface area contributed by atoms with Crippen LogP contribution in [0.25, 0.3) is 0 Å². The van der Waals surface area contributed by atoms with Crippen LogP contribution in [-0.2, 0) is 11.2 Å². The molecule has 1 amide bonds. The van der Waals surface area contributed by atoms with Crippen LogP contribution in [0.3, 0.4) is 0 Å². The van der Waals surface area contributed by atoms with Gasteiger partial charge in [0.25, 0.3) is 0 Å². The third-order valence-corrected chi connectivity index (χ3v) is 3.38. The molecule has 0 saturated carbocycles. The lowest BCUT2D eigenvalue weighted by molar-refractivity contribution is -0.120. The highest BCUT2D eigenvalue weighted by Crippen LogP contribution is 2.28. The van der Waals surface area contributed by atoms with Gasteiger partial charge in [0.1, 0.15) is 0 Å². The van der Waals surface area contributed by atoms with Crippen molar-refractivity contribution < 1.29 is 4.79 Å². The Balaban J connectivity index is 2.17. The van der Waals surface area contributed by atoms with Gasteiger partial charge in [-0.3, -0.25) is 4.79 Å². The molecule has 1 aliphatic rings. The quantitative estimate of drug-likeness (QED) is 0.847.